The first-order valence-corrected chi connectivity index (χ1v) is 6.36. The molecular formula is C10H9ClS2. The van der Waals surface area contributed by atoms with Crippen LogP contribution in [0.15, 0.2) is 23.1 Å². The standard InChI is InChI=1S/C10H9ClS2/c1-6-3-8-9(12-2)4-7(11)5-10(8)13-6/h3-5H,1-2H3. The minimum atomic E-state index is 0.832. The second-order valence-electron chi connectivity index (χ2n) is 2.88. The Balaban J connectivity index is 2.80. The van der Waals surface area contributed by atoms with Crippen molar-refractivity contribution in [2.45, 2.75) is 11.8 Å². The van der Waals surface area contributed by atoms with Gasteiger partial charge in [0.15, 0.2) is 0 Å². The van der Waals surface area contributed by atoms with Crippen molar-refractivity contribution in [2.75, 3.05) is 6.26 Å². The summed E-state index contributed by atoms with van der Waals surface area (Å²) in [6, 6.07) is 6.29. The van der Waals surface area contributed by atoms with Gasteiger partial charge in [-0.15, -0.1) is 23.1 Å². The molecule has 0 aliphatic heterocycles. The van der Waals surface area contributed by atoms with Crippen molar-refractivity contribution in [3.8, 4) is 0 Å². The molecule has 0 spiro atoms. The van der Waals surface area contributed by atoms with Crippen molar-refractivity contribution < 1.29 is 0 Å². The predicted molar refractivity (Wildman–Crippen MR) is 63.4 cm³/mol. The molecule has 0 saturated heterocycles. The number of aryl methyl sites for hydroxylation is 1. The summed E-state index contributed by atoms with van der Waals surface area (Å²) in [7, 11) is 0. The molecule has 0 aliphatic carbocycles. The van der Waals surface area contributed by atoms with Crippen molar-refractivity contribution in [3.63, 3.8) is 0 Å². The average Bonchev–Trinajstić information content (AvgIpc) is 2.43. The van der Waals surface area contributed by atoms with E-state index in [4.69, 9.17) is 11.6 Å². The number of halogens is 1. The third kappa shape index (κ3) is 1.71. The van der Waals surface area contributed by atoms with E-state index in [-0.39, 0.29) is 0 Å². The van der Waals surface area contributed by atoms with Gasteiger partial charge in [-0.1, -0.05) is 11.6 Å². The zero-order chi connectivity index (χ0) is 9.42. The zero-order valence-corrected chi connectivity index (χ0v) is 9.82. The molecule has 0 saturated carbocycles. The molecule has 1 aromatic carbocycles. The number of rotatable bonds is 1. The molecule has 0 N–H and O–H groups in total. The Morgan fingerprint density at radius 1 is 1.31 bits per heavy atom. The number of hydrogen-bond acceptors (Lipinski definition) is 2. The number of fused-ring (bicyclic) bond motifs is 1. The monoisotopic (exact) mass is 228 g/mol. The van der Waals surface area contributed by atoms with Crippen molar-refractivity contribution in [1.82, 2.24) is 0 Å². The van der Waals surface area contributed by atoms with E-state index >= 15 is 0 Å². The second kappa shape index (κ2) is 3.52. The average molecular weight is 229 g/mol. The smallest absolute Gasteiger partial charge is 0.0431 e. The van der Waals surface area contributed by atoms with Gasteiger partial charge in [0.2, 0.25) is 0 Å². The van der Waals surface area contributed by atoms with Crippen LogP contribution in [-0.4, -0.2) is 6.26 Å². The fourth-order valence-corrected chi connectivity index (χ4v) is 3.41. The maximum Gasteiger partial charge on any atom is 0.0431 e. The molecule has 2 aromatic rings. The van der Waals surface area contributed by atoms with Crippen LogP contribution in [0.3, 0.4) is 0 Å². The lowest BCUT2D eigenvalue weighted by Gasteiger charge is -1.99. The molecule has 0 atom stereocenters. The Hall–Kier alpha value is -0.180. The molecule has 0 aliphatic rings. The Kier molecular flexibility index (Phi) is 2.54. The summed E-state index contributed by atoms with van der Waals surface area (Å²) in [5.74, 6) is 0. The van der Waals surface area contributed by atoms with E-state index in [1.807, 2.05) is 12.1 Å². The lowest BCUT2D eigenvalue weighted by molar-refractivity contribution is 1.56. The highest BCUT2D eigenvalue weighted by Crippen LogP contribution is 2.35. The molecule has 3 heteroatoms. The Morgan fingerprint density at radius 3 is 2.77 bits per heavy atom. The molecule has 0 unspecified atom stereocenters. The van der Waals surface area contributed by atoms with Crippen LogP contribution in [0.25, 0.3) is 10.1 Å². The van der Waals surface area contributed by atoms with E-state index in [2.05, 4.69) is 19.2 Å². The molecule has 0 amide bonds. The molecule has 2 rings (SSSR count). The van der Waals surface area contributed by atoms with Gasteiger partial charge in [0.1, 0.15) is 0 Å². The van der Waals surface area contributed by atoms with Crippen LogP contribution in [0.2, 0.25) is 5.02 Å². The van der Waals surface area contributed by atoms with Crippen LogP contribution < -0.4 is 0 Å². The van der Waals surface area contributed by atoms with Gasteiger partial charge in [-0.2, -0.15) is 0 Å². The van der Waals surface area contributed by atoms with Gasteiger partial charge in [-0.3, -0.25) is 0 Å². The SMILES string of the molecule is CSc1cc(Cl)cc2sc(C)cc12. The summed E-state index contributed by atoms with van der Waals surface area (Å²) >= 11 is 9.55. The Morgan fingerprint density at radius 2 is 2.08 bits per heavy atom. The number of thiophene rings is 1. The summed E-state index contributed by atoms with van der Waals surface area (Å²) in [4.78, 5) is 2.61. The van der Waals surface area contributed by atoms with Gasteiger partial charge >= 0.3 is 0 Å². The van der Waals surface area contributed by atoms with E-state index in [0.29, 0.717) is 0 Å². The lowest BCUT2D eigenvalue weighted by Crippen LogP contribution is -1.71. The van der Waals surface area contributed by atoms with Gasteiger partial charge in [0.05, 0.1) is 0 Å². The largest absolute Gasteiger partial charge is 0.141 e. The van der Waals surface area contributed by atoms with Gasteiger partial charge < -0.3 is 0 Å². The van der Waals surface area contributed by atoms with E-state index in [1.165, 1.54) is 19.9 Å². The first-order valence-electron chi connectivity index (χ1n) is 3.94. The highest BCUT2D eigenvalue weighted by molar-refractivity contribution is 7.98. The van der Waals surface area contributed by atoms with E-state index in [1.54, 1.807) is 23.1 Å². The van der Waals surface area contributed by atoms with Crippen LogP contribution in [0.5, 0.6) is 0 Å². The molecule has 68 valence electrons. The first kappa shape index (κ1) is 9.38. The summed E-state index contributed by atoms with van der Waals surface area (Å²) in [6.07, 6.45) is 2.08. The van der Waals surface area contributed by atoms with E-state index in [9.17, 15) is 0 Å². The van der Waals surface area contributed by atoms with Gasteiger partial charge in [0, 0.05) is 24.9 Å². The molecule has 1 heterocycles. The number of thioether (sulfide) groups is 1. The maximum absolute atomic E-state index is 6.01. The fraction of sp³-hybridized carbons (Fsp3) is 0.200. The van der Waals surface area contributed by atoms with Crippen LogP contribution in [0.4, 0.5) is 0 Å². The van der Waals surface area contributed by atoms with Crippen molar-refractivity contribution in [3.05, 3.63) is 28.1 Å². The molecule has 0 bridgehead atoms. The predicted octanol–water partition coefficient (Wildman–Crippen LogP) is 4.59. The normalized spacial score (nSPS) is 11.0. The summed E-state index contributed by atoms with van der Waals surface area (Å²) in [5.41, 5.74) is 0. The first-order chi connectivity index (χ1) is 6.20. The van der Waals surface area contributed by atoms with Gasteiger partial charge in [-0.25, -0.2) is 0 Å². The van der Waals surface area contributed by atoms with E-state index in [0.717, 1.165) is 5.02 Å². The molecule has 0 fully saturated rings. The molecule has 13 heavy (non-hydrogen) atoms. The summed E-state index contributed by atoms with van der Waals surface area (Å²) < 4.78 is 1.29. The lowest BCUT2D eigenvalue weighted by atomic mass is 10.2. The van der Waals surface area contributed by atoms with E-state index < -0.39 is 0 Å². The highest BCUT2D eigenvalue weighted by Gasteiger charge is 2.05. The topological polar surface area (TPSA) is 0 Å². The third-order valence-corrected chi connectivity index (χ3v) is 3.90. The number of benzene rings is 1. The Labute approximate surface area is 90.9 Å². The second-order valence-corrected chi connectivity index (χ2v) is 5.45. The molecule has 1 aromatic heterocycles. The van der Waals surface area contributed by atoms with Crippen molar-refractivity contribution in [1.29, 1.82) is 0 Å². The molecule has 0 radical (unpaired) electrons. The highest BCUT2D eigenvalue weighted by atomic mass is 35.5. The molecule has 0 nitrogen and oxygen atoms in total. The number of hydrogen-bond donors (Lipinski definition) is 0. The van der Waals surface area contributed by atoms with Crippen molar-refractivity contribution in [2.24, 2.45) is 0 Å². The van der Waals surface area contributed by atoms with Crippen molar-refractivity contribution >= 4 is 44.8 Å². The van der Waals surface area contributed by atoms with Gasteiger partial charge in [-0.05, 0) is 31.4 Å². The van der Waals surface area contributed by atoms with Gasteiger partial charge in [0.25, 0.3) is 0 Å². The quantitative estimate of drug-likeness (QED) is 0.644. The zero-order valence-electron chi connectivity index (χ0n) is 7.43. The minimum absolute atomic E-state index is 0.832. The van der Waals surface area contributed by atoms with Crippen LogP contribution in [0.1, 0.15) is 4.88 Å². The summed E-state index contributed by atoms with van der Waals surface area (Å²) in [5, 5.41) is 2.16. The minimum Gasteiger partial charge on any atom is -0.141 e. The third-order valence-electron chi connectivity index (χ3n) is 1.91. The molecular weight excluding hydrogens is 220 g/mol. The maximum atomic E-state index is 6.01. The van der Waals surface area contributed by atoms with Crippen LogP contribution in [0, 0.1) is 6.92 Å². The van der Waals surface area contributed by atoms with Crippen LogP contribution >= 0.6 is 34.7 Å². The fourth-order valence-electron chi connectivity index (χ4n) is 1.37. The summed E-state index contributed by atoms with van der Waals surface area (Å²) in [6.45, 7) is 2.13. The van der Waals surface area contributed by atoms with Crippen LogP contribution in [-0.2, 0) is 0 Å². The Bertz CT molecular complexity index is 445.